The lowest BCUT2D eigenvalue weighted by Gasteiger charge is -2.16. The Labute approximate surface area is 93.1 Å². The number of hydrogen-bond donors (Lipinski definition) is 0. The normalized spacial score (nSPS) is 11.4. The fourth-order valence-corrected chi connectivity index (χ4v) is 1.85. The average molecular weight is 231 g/mol. The Kier molecular flexibility index (Phi) is 3.39. The Morgan fingerprint density at radius 1 is 1.07 bits per heavy atom. The van der Waals surface area contributed by atoms with Gasteiger partial charge in [-0.05, 0) is 27.7 Å². The molecule has 0 radical (unpaired) electrons. The van der Waals surface area contributed by atoms with Crippen molar-refractivity contribution in [1.29, 1.82) is 0 Å². The number of nitrogens with zero attached hydrogens (tertiary/aromatic N) is 2. The molecule has 0 aromatic carbocycles. The standard InChI is InChI=1S/C10H15ClN2O2/c1-6(2)12-8(11)5-9(14)13(7(3)4)10(12)15/h5-7H,1-4H3. The summed E-state index contributed by atoms with van der Waals surface area (Å²) in [4.78, 5) is 23.5. The molecule has 0 amide bonds. The Morgan fingerprint density at radius 2 is 1.53 bits per heavy atom. The lowest BCUT2D eigenvalue weighted by atomic mass is 10.3. The minimum Gasteiger partial charge on any atom is -0.281 e. The molecule has 0 aliphatic rings. The van der Waals surface area contributed by atoms with E-state index in [0.717, 1.165) is 0 Å². The summed E-state index contributed by atoms with van der Waals surface area (Å²) in [6.45, 7) is 7.29. The molecule has 0 atom stereocenters. The molecule has 0 saturated carbocycles. The summed E-state index contributed by atoms with van der Waals surface area (Å²) in [6.07, 6.45) is 0. The van der Waals surface area contributed by atoms with Crippen LogP contribution in [-0.4, -0.2) is 9.13 Å². The van der Waals surface area contributed by atoms with E-state index in [1.807, 2.05) is 13.8 Å². The highest BCUT2D eigenvalue weighted by molar-refractivity contribution is 6.29. The van der Waals surface area contributed by atoms with Crippen molar-refractivity contribution >= 4 is 11.6 Å². The minimum atomic E-state index is -0.350. The molecule has 0 bridgehead atoms. The van der Waals surface area contributed by atoms with Crippen molar-refractivity contribution < 1.29 is 0 Å². The highest BCUT2D eigenvalue weighted by atomic mass is 35.5. The first-order chi connectivity index (χ1) is 6.86. The van der Waals surface area contributed by atoms with Crippen LogP contribution >= 0.6 is 11.6 Å². The van der Waals surface area contributed by atoms with Crippen LogP contribution in [0.5, 0.6) is 0 Å². The summed E-state index contributed by atoms with van der Waals surface area (Å²) in [6, 6.07) is 1.06. The Hall–Kier alpha value is -1.03. The second kappa shape index (κ2) is 4.23. The third-order valence-electron chi connectivity index (χ3n) is 2.16. The van der Waals surface area contributed by atoms with Gasteiger partial charge >= 0.3 is 5.69 Å². The van der Waals surface area contributed by atoms with Crippen molar-refractivity contribution in [3.05, 3.63) is 32.1 Å². The molecule has 0 aliphatic heterocycles. The van der Waals surface area contributed by atoms with Gasteiger partial charge in [-0.3, -0.25) is 13.9 Å². The van der Waals surface area contributed by atoms with E-state index < -0.39 is 0 Å². The van der Waals surface area contributed by atoms with Gasteiger partial charge in [0.15, 0.2) is 0 Å². The molecule has 5 heteroatoms. The van der Waals surface area contributed by atoms with E-state index >= 15 is 0 Å². The molecule has 1 heterocycles. The van der Waals surface area contributed by atoms with Crippen LogP contribution in [0.4, 0.5) is 0 Å². The summed E-state index contributed by atoms with van der Waals surface area (Å²) in [5.74, 6) is 0. The molecule has 4 nitrogen and oxygen atoms in total. The zero-order chi connectivity index (χ0) is 11.7. The van der Waals surface area contributed by atoms with E-state index in [9.17, 15) is 9.59 Å². The largest absolute Gasteiger partial charge is 0.332 e. The third kappa shape index (κ3) is 2.15. The second-order valence-corrected chi connectivity index (χ2v) is 4.40. The van der Waals surface area contributed by atoms with E-state index in [1.165, 1.54) is 15.2 Å². The zero-order valence-electron chi connectivity index (χ0n) is 9.32. The first kappa shape index (κ1) is 12.0. The topological polar surface area (TPSA) is 44.0 Å². The van der Waals surface area contributed by atoms with Gasteiger partial charge in [0.05, 0.1) is 0 Å². The molecule has 0 saturated heterocycles. The van der Waals surface area contributed by atoms with Gasteiger partial charge in [-0.2, -0.15) is 0 Å². The fraction of sp³-hybridized carbons (Fsp3) is 0.600. The van der Waals surface area contributed by atoms with E-state index in [4.69, 9.17) is 11.6 Å². The van der Waals surface area contributed by atoms with Crippen LogP contribution in [-0.2, 0) is 0 Å². The van der Waals surface area contributed by atoms with Crippen molar-refractivity contribution in [3.8, 4) is 0 Å². The van der Waals surface area contributed by atoms with Crippen LogP contribution in [0.25, 0.3) is 0 Å². The predicted octanol–water partition coefficient (Wildman–Crippen LogP) is 1.83. The summed E-state index contributed by atoms with van der Waals surface area (Å²) in [7, 11) is 0. The highest BCUT2D eigenvalue weighted by Crippen LogP contribution is 2.10. The maximum atomic E-state index is 11.9. The number of hydrogen-bond acceptors (Lipinski definition) is 2. The van der Waals surface area contributed by atoms with Crippen molar-refractivity contribution in [2.24, 2.45) is 0 Å². The molecule has 0 fully saturated rings. The van der Waals surface area contributed by atoms with Crippen molar-refractivity contribution in [1.82, 2.24) is 9.13 Å². The van der Waals surface area contributed by atoms with E-state index in [2.05, 4.69) is 0 Å². The molecule has 0 spiro atoms. The van der Waals surface area contributed by atoms with Crippen molar-refractivity contribution in [2.75, 3.05) is 0 Å². The van der Waals surface area contributed by atoms with E-state index in [-0.39, 0.29) is 28.5 Å². The molecule has 1 aromatic rings. The van der Waals surface area contributed by atoms with Gasteiger partial charge in [-0.15, -0.1) is 0 Å². The van der Waals surface area contributed by atoms with Crippen molar-refractivity contribution in [3.63, 3.8) is 0 Å². The Morgan fingerprint density at radius 3 is 1.93 bits per heavy atom. The molecule has 84 valence electrons. The van der Waals surface area contributed by atoms with Crippen LogP contribution in [0, 0.1) is 0 Å². The van der Waals surface area contributed by atoms with Gasteiger partial charge in [0, 0.05) is 18.2 Å². The van der Waals surface area contributed by atoms with Gasteiger partial charge in [0.2, 0.25) is 0 Å². The first-order valence-corrected chi connectivity index (χ1v) is 5.27. The maximum Gasteiger partial charge on any atom is 0.332 e. The molecule has 1 aromatic heterocycles. The van der Waals surface area contributed by atoms with Gasteiger partial charge < -0.3 is 0 Å². The SMILES string of the molecule is CC(C)n1c(Cl)cc(=O)n(C(C)C)c1=O. The molecule has 0 aliphatic carbocycles. The molecular weight excluding hydrogens is 216 g/mol. The molecule has 0 unspecified atom stereocenters. The maximum absolute atomic E-state index is 11.9. The average Bonchev–Trinajstić information content (AvgIpc) is 1.99. The quantitative estimate of drug-likeness (QED) is 0.728. The first-order valence-electron chi connectivity index (χ1n) is 4.89. The minimum absolute atomic E-state index is 0.0596. The van der Waals surface area contributed by atoms with Crippen LogP contribution in [0.2, 0.25) is 5.15 Å². The Balaban J connectivity index is 3.65. The van der Waals surface area contributed by atoms with Gasteiger partial charge in [-0.1, -0.05) is 11.6 Å². The van der Waals surface area contributed by atoms with Gasteiger partial charge in [0.25, 0.3) is 5.56 Å². The molecular formula is C10H15ClN2O2. The van der Waals surface area contributed by atoms with Crippen molar-refractivity contribution in [2.45, 2.75) is 39.8 Å². The van der Waals surface area contributed by atoms with Crippen LogP contribution in [0.3, 0.4) is 0 Å². The zero-order valence-corrected chi connectivity index (χ0v) is 10.1. The van der Waals surface area contributed by atoms with Gasteiger partial charge in [0.1, 0.15) is 5.15 Å². The summed E-state index contributed by atoms with van der Waals surface area (Å²) in [5.41, 5.74) is -0.700. The second-order valence-electron chi connectivity index (χ2n) is 4.02. The highest BCUT2D eigenvalue weighted by Gasteiger charge is 2.13. The predicted molar refractivity (Wildman–Crippen MR) is 60.7 cm³/mol. The summed E-state index contributed by atoms with van der Waals surface area (Å²) in [5, 5.41) is 0.192. The number of aromatic nitrogens is 2. The molecule has 1 rings (SSSR count). The number of halogens is 1. The summed E-state index contributed by atoms with van der Waals surface area (Å²) < 4.78 is 2.61. The molecule has 0 N–H and O–H groups in total. The van der Waals surface area contributed by atoms with Crippen LogP contribution in [0.15, 0.2) is 15.7 Å². The van der Waals surface area contributed by atoms with Crippen LogP contribution < -0.4 is 11.2 Å². The van der Waals surface area contributed by atoms with Crippen LogP contribution in [0.1, 0.15) is 39.8 Å². The molecule has 15 heavy (non-hydrogen) atoms. The Bertz CT molecular complexity index is 471. The van der Waals surface area contributed by atoms with E-state index in [1.54, 1.807) is 13.8 Å². The summed E-state index contributed by atoms with van der Waals surface area (Å²) >= 11 is 5.86. The number of rotatable bonds is 2. The van der Waals surface area contributed by atoms with E-state index in [0.29, 0.717) is 0 Å². The monoisotopic (exact) mass is 230 g/mol. The fourth-order valence-electron chi connectivity index (χ4n) is 1.49. The lowest BCUT2D eigenvalue weighted by Crippen LogP contribution is -2.41. The smallest absolute Gasteiger partial charge is 0.281 e. The third-order valence-corrected chi connectivity index (χ3v) is 2.45. The van der Waals surface area contributed by atoms with Gasteiger partial charge in [-0.25, -0.2) is 4.79 Å². The lowest BCUT2D eigenvalue weighted by molar-refractivity contribution is 0.473.